The van der Waals surface area contributed by atoms with E-state index in [2.05, 4.69) is 0 Å². The summed E-state index contributed by atoms with van der Waals surface area (Å²) >= 11 is 0. The van der Waals surface area contributed by atoms with Crippen LogP contribution in [0.3, 0.4) is 0 Å². The molecule has 1 fully saturated rings. The van der Waals surface area contributed by atoms with Gasteiger partial charge < -0.3 is 20.4 Å². The largest absolute Gasteiger partial charge is 0.466 e. The number of halogens is 2. The van der Waals surface area contributed by atoms with Crippen molar-refractivity contribution in [3.05, 3.63) is 35.4 Å². The van der Waals surface area contributed by atoms with E-state index >= 15 is 0 Å². The first-order valence-corrected chi connectivity index (χ1v) is 6.24. The number of benzene rings is 1. The van der Waals surface area contributed by atoms with Crippen LogP contribution < -0.4 is 5.73 Å². The Hall–Kier alpha value is -0.850. The summed E-state index contributed by atoms with van der Waals surface area (Å²) in [7, 11) is -4.64. The van der Waals surface area contributed by atoms with Crippen molar-refractivity contribution in [1.29, 1.82) is 0 Å². The molecule has 0 saturated heterocycles. The van der Waals surface area contributed by atoms with Gasteiger partial charge in [0.2, 0.25) is 0 Å². The van der Waals surface area contributed by atoms with Crippen molar-refractivity contribution in [3.63, 3.8) is 0 Å². The molecule has 1 aliphatic rings. The van der Waals surface area contributed by atoms with Crippen LogP contribution >= 0.6 is 7.82 Å². The van der Waals surface area contributed by atoms with Gasteiger partial charge in [0.1, 0.15) is 0 Å². The van der Waals surface area contributed by atoms with Crippen LogP contribution in [0.2, 0.25) is 0 Å². The van der Waals surface area contributed by atoms with E-state index in [1.165, 1.54) is 6.07 Å². The van der Waals surface area contributed by atoms with Gasteiger partial charge in [-0.3, -0.25) is 0 Å². The predicted octanol–water partition coefficient (Wildman–Crippen LogP) is 0.851. The SMILES string of the molecule is N[C@@H]1C[C@H]1c1ccc(F)c(F)c1.O=P(O)(O)O. The van der Waals surface area contributed by atoms with E-state index in [1.54, 1.807) is 6.07 Å². The molecule has 96 valence electrons. The van der Waals surface area contributed by atoms with Crippen LogP contribution in [0.1, 0.15) is 17.9 Å². The minimum Gasteiger partial charge on any atom is -0.327 e. The van der Waals surface area contributed by atoms with Gasteiger partial charge in [-0.05, 0) is 24.1 Å². The molecule has 0 heterocycles. The Morgan fingerprint density at radius 2 is 1.71 bits per heavy atom. The Bertz CT molecular complexity index is 442. The van der Waals surface area contributed by atoms with Crippen LogP contribution in [-0.4, -0.2) is 20.7 Å². The van der Waals surface area contributed by atoms with Crippen molar-refractivity contribution in [3.8, 4) is 0 Å². The standard InChI is InChI=1S/C9H9F2N.H3O4P/c10-7-2-1-5(3-8(7)11)6-4-9(6)12;1-5(2,3)4/h1-3,6,9H,4,12H2;(H3,1,2,3,4)/t6-,9+;/m0./s1. The maximum atomic E-state index is 12.7. The van der Waals surface area contributed by atoms with Crippen LogP contribution in [0.4, 0.5) is 8.78 Å². The maximum absolute atomic E-state index is 12.7. The lowest BCUT2D eigenvalue weighted by atomic mass is 10.1. The van der Waals surface area contributed by atoms with Crippen molar-refractivity contribution < 1.29 is 28.0 Å². The molecular weight excluding hydrogens is 255 g/mol. The fraction of sp³-hybridized carbons (Fsp3) is 0.333. The zero-order chi connectivity index (χ0) is 13.2. The van der Waals surface area contributed by atoms with Crippen LogP contribution in [-0.2, 0) is 4.57 Å². The predicted molar refractivity (Wildman–Crippen MR) is 56.0 cm³/mol. The van der Waals surface area contributed by atoms with E-state index in [0.717, 1.165) is 18.1 Å². The fourth-order valence-corrected chi connectivity index (χ4v) is 1.34. The quantitative estimate of drug-likeness (QED) is 0.565. The topological polar surface area (TPSA) is 104 Å². The van der Waals surface area contributed by atoms with E-state index in [4.69, 9.17) is 25.0 Å². The summed E-state index contributed by atoms with van der Waals surface area (Å²) in [6, 6.07) is 4.10. The molecule has 1 aromatic carbocycles. The highest BCUT2D eigenvalue weighted by Gasteiger charge is 2.35. The molecule has 0 spiro atoms. The summed E-state index contributed by atoms with van der Waals surface area (Å²) in [4.78, 5) is 21.6. The van der Waals surface area contributed by atoms with Gasteiger partial charge in [0.25, 0.3) is 0 Å². The third-order valence-electron chi connectivity index (χ3n) is 2.21. The van der Waals surface area contributed by atoms with Crippen LogP contribution in [0, 0.1) is 11.6 Å². The number of hydrogen-bond donors (Lipinski definition) is 4. The lowest BCUT2D eigenvalue weighted by Gasteiger charge is -1.98. The molecular formula is C9H12F2NO4P. The normalized spacial score (nSPS) is 22.7. The van der Waals surface area contributed by atoms with Crippen molar-refractivity contribution >= 4 is 7.82 Å². The second kappa shape index (κ2) is 5.20. The minimum absolute atomic E-state index is 0.134. The first-order valence-electron chi connectivity index (χ1n) is 4.67. The Balaban J connectivity index is 0.000000249. The van der Waals surface area contributed by atoms with Gasteiger partial charge in [0.05, 0.1) is 0 Å². The molecule has 0 aromatic heterocycles. The van der Waals surface area contributed by atoms with E-state index in [9.17, 15) is 8.78 Å². The molecule has 1 aromatic rings. The summed E-state index contributed by atoms with van der Waals surface area (Å²) < 4.78 is 34.0. The minimum atomic E-state index is -4.64. The highest BCUT2D eigenvalue weighted by atomic mass is 31.2. The second-order valence-corrected chi connectivity index (χ2v) is 4.72. The van der Waals surface area contributed by atoms with Gasteiger partial charge in [0.15, 0.2) is 11.6 Å². The zero-order valence-corrected chi connectivity index (χ0v) is 9.52. The molecule has 17 heavy (non-hydrogen) atoms. The summed E-state index contributed by atoms with van der Waals surface area (Å²) in [5, 5.41) is 0. The molecule has 2 atom stereocenters. The first-order chi connectivity index (χ1) is 7.68. The molecule has 0 amide bonds. The van der Waals surface area contributed by atoms with Gasteiger partial charge in [-0.1, -0.05) is 6.07 Å². The Labute approximate surface area is 96.1 Å². The van der Waals surface area contributed by atoms with Crippen LogP contribution in [0.25, 0.3) is 0 Å². The molecule has 0 radical (unpaired) electrons. The van der Waals surface area contributed by atoms with Gasteiger partial charge in [-0.2, -0.15) is 0 Å². The zero-order valence-electron chi connectivity index (χ0n) is 8.62. The molecule has 0 aliphatic heterocycles. The van der Waals surface area contributed by atoms with Gasteiger partial charge >= 0.3 is 7.82 Å². The lowest BCUT2D eigenvalue weighted by molar-refractivity contribution is 0.275. The van der Waals surface area contributed by atoms with E-state index in [0.29, 0.717) is 0 Å². The third-order valence-corrected chi connectivity index (χ3v) is 2.21. The molecule has 5 N–H and O–H groups in total. The number of nitrogens with two attached hydrogens (primary N) is 1. The Morgan fingerprint density at radius 1 is 1.24 bits per heavy atom. The molecule has 5 nitrogen and oxygen atoms in total. The Kier molecular flexibility index (Phi) is 4.35. The fourth-order valence-electron chi connectivity index (χ4n) is 1.34. The number of rotatable bonds is 1. The molecule has 1 aliphatic carbocycles. The van der Waals surface area contributed by atoms with Crippen molar-refractivity contribution in [2.45, 2.75) is 18.4 Å². The Morgan fingerprint density at radius 3 is 2.06 bits per heavy atom. The average molecular weight is 267 g/mol. The first kappa shape index (κ1) is 14.2. The average Bonchev–Trinajstić information content (AvgIpc) is 2.85. The van der Waals surface area contributed by atoms with E-state index in [-0.39, 0.29) is 12.0 Å². The number of hydrogen-bond acceptors (Lipinski definition) is 2. The van der Waals surface area contributed by atoms with Crippen LogP contribution in [0.15, 0.2) is 18.2 Å². The summed E-state index contributed by atoms with van der Waals surface area (Å²) in [6.07, 6.45) is 0.880. The molecule has 2 rings (SSSR count). The summed E-state index contributed by atoms with van der Waals surface area (Å²) in [5.74, 6) is -1.35. The van der Waals surface area contributed by atoms with E-state index < -0.39 is 19.5 Å². The van der Waals surface area contributed by atoms with Gasteiger partial charge in [0, 0.05) is 12.0 Å². The molecule has 1 saturated carbocycles. The maximum Gasteiger partial charge on any atom is 0.466 e. The molecule has 0 unspecified atom stereocenters. The highest BCUT2D eigenvalue weighted by molar-refractivity contribution is 7.45. The molecule has 0 bridgehead atoms. The van der Waals surface area contributed by atoms with Gasteiger partial charge in [-0.25, -0.2) is 13.3 Å². The van der Waals surface area contributed by atoms with E-state index in [1.807, 2.05) is 0 Å². The van der Waals surface area contributed by atoms with Gasteiger partial charge in [-0.15, -0.1) is 0 Å². The van der Waals surface area contributed by atoms with Crippen LogP contribution in [0.5, 0.6) is 0 Å². The highest BCUT2D eigenvalue weighted by Crippen LogP contribution is 2.39. The van der Waals surface area contributed by atoms with Crippen molar-refractivity contribution in [2.24, 2.45) is 5.73 Å². The third kappa shape index (κ3) is 5.34. The lowest BCUT2D eigenvalue weighted by Crippen LogP contribution is -2.01. The smallest absolute Gasteiger partial charge is 0.327 e. The van der Waals surface area contributed by atoms with Crippen molar-refractivity contribution in [1.82, 2.24) is 0 Å². The number of phosphoric acid groups is 1. The van der Waals surface area contributed by atoms with Crippen molar-refractivity contribution in [2.75, 3.05) is 0 Å². The second-order valence-electron chi connectivity index (χ2n) is 3.69. The molecule has 8 heteroatoms. The monoisotopic (exact) mass is 267 g/mol. The summed E-state index contributed by atoms with van der Waals surface area (Å²) in [5.41, 5.74) is 6.38. The summed E-state index contributed by atoms with van der Waals surface area (Å²) in [6.45, 7) is 0.